The normalized spacial score (nSPS) is 11.4. The molecule has 4 aromatic rings. The van der Waals surface area contributed by atoms with E-state index < -0.39 is 0 Å². The Morgan fingerprint density at radius 1 is 0.821 bits per heavy atom. The largest absolute Gasteiger partial charge is 0.491 e. The molecule has 0 saturated carbocycles. The maximum absolute atomic E-state index is 6.48. The zero-order chi connectivity index (χ0) is 27.8. The van der Waals surface area contributed by atoms with Crippen LogP contribution in [0.15, 0.2) is 78.9 Å². The van der Waals surface area contributed by atoms with Gasteiger partial charge in [-0.25, -0.2) is 0 Å². The molecule has 3 aromatic carbocycles. The molecule has 4 heteroatoms. The van der Waals surface area contributed by atoms with E-state index in [9.17, 15) is 0 Å². The predicted molar refractivity (Wildman–Crippen MR) is 165 cm³/mol. The molecule has 0 radical (unpaired) electrons. The molecular weight excluding hydrogens is 500 g/mol. The van der Waals surface area contributed by atoms with E-state index in [1.807, 2.05) is 12.1 Å². The fourth-order valence-electron chi connectivity index (χ4n) is 5.18. The Kier molecular flexibility index (Phi) is 10.2. The second-order valence-corrected chi connectivity index (χ2v) is 10.9. The lowest BCUT2D eigenvalue weighted by molar-refractivity contribution is 0.223. The third-order valence-electron chi connectivity index (χ3n) is 7.14. The molecule has 0 spiro atoms. The second-order valence-electron chi connectivity index (χ2n) is 10.5. The van der Waals surface area contributed by atoms with Gasteiger partial charge in [0.15, 0.2) is 0 Å². The van der Waals surface area contributed by atoms with Crippen LogP contribution in [0.25, 0.3) is 11.3 Å². The first-order chi connectivity index (χ1) is 18.9. The molecule has 39 heavy (non-hydrogen) atoms. The minimum absolute atomic E-state index is 0.0690. The van der Waals surface area contributed by atoms with Gasteiger partial charge in [0.2, 0.25) is 0 Å². The number of ether oxygens (including phenoxy) is 1. The van der Waals surface area contributed by atoms with Crippen molar-refractivity contribution >= 4 is 11.6 Å². The standard InChI is InChI=1S/C35H41ClN2O/c1-6-29-16-12-17-30(7-2)35(29)33-22-34(39-25(3)4)32(26(5)37-33)24-38(23-28-13-9-8-10-14-28)20-19-27-15-11-18-31(36)21-27/h8-18,21-22,25H,6-7,19-20,23-24H2,1-5H3. The van der Waals surface area contributed by atoms with Crippen molar-refractivity contribution in [1.82, 2.24) is 9.88 Å². The third-order valence-corrected chi connectivity index (χ3v) is 7.38. The number of hydrogen-bond acceptors (Lipinski definition) is 3. The highest BCUT2D eigenvalue weighted by atomic mass is 35.5. The molecule has 0 unspecified atom stereocenters. The Labute approximate surface area is 239 Å². The van der Waals surface area contributed by atoms with Crippen LogP contribution < -0.4 is 4.74 Å². The zero-order valence-electron chi connectivity index (χ0n) is 24.0. The molecule has 1 aromatic heterocycles. The molecule has 0 amide bonds. The Hall–Kier alpha value is -3.14. The maximum Gasteiger partial charge on any atom is 0.128 e. The monoisotopic (exact) mass is 540 g/mol. The van der Waals surface area contributed by atoms with Crippen molar-refractivity contribution in [1.29, 1.82) is 0 Å². The van der Waals surface area contributed by atoms with Gasteiger partial charge < -0.3 is 4.74 Å². The molecule has 0 fully saturated rings. The highest BCUT2D eigenvalue weighted by Gasteiger charge is 2.19. The van der Waals surface area contributed by atoms with Crippen LogP contribution in [-0.2, 0) is 32.4 Å². The minimum atomic E-state index is 0.0690. The summed E-state index contributed by atoms with van der Waals surface area (Å²) in [6.45, 7) is 13.3. The summed E-state index contributed by atoms with van der Waals surface area (Å²) >= 11 is 6.28. The second kappa shape index (κ2) is 13.8. The summed E-state index contributed by atoms with van der Waals surface area (Å²) in [6, 6.07) is 27.6. The van der Waals surface area contributed by atoms with Crippen molar-refractivity contribution in [3.63, 3.8) is 0 Å². The van der Waals surface area contributed by atoms with Crippen LogP contribution in [0.3, 0.4) is 0 Å². The average Bonchev–Trinajstić information content (AvgIpc) is 2.93. The molecule has 0 bridgehead atoms. The van der Waals surface area contributed by atoms with Crippen molar-refractivity contribution in [2.24, 2.45) is 0 Å². The van der Waals surface area contributed by atoms with Gasteiger partial charge in [0, 0.05) is 47.5 Å². The van der Waals surface area contributed by atoms with Gasteiger partial charge >= 0.3 is 0 Å². The summed E-state index contributed by atoms with van der Waals surface area (Å²) in [7, 11) is 0. The number of hydrogen-bond donors (Lipinski definition) is 0. The maximum atomic E-state index is 6.48. The molecule has 0 aliphatic heterocycles. The highest BCUT2D eigenvalue weighted by molar-refractivity contribution is 6.30. The van der Waals surface area contributed by atoms with E-state index in [0.29, 0.717) is 0 Å². The summed E-state index contributed by atoms with van der Waals surface area (Å²) in [5.74, 6) is 0.932. The summed E-state index contributed by atoms with van der Waals surface area (Å²) in [5.41, 5.74) is 9.64. The Morgan fingerprint density at radius 2 is 1.49 bits per heavy atom. The molecular formula is C35H41ClN2O. The lowest BCUT2D eigenvalue weighted by Gasteiger charge is -2.26. The van der Waals surface area contributed by atoms with Gasteiger partial charge in [0.1, 0.15) is 5.75 Å². The Balaban J connectivity index is 1.71. The number of aryl methyl sites for hydroxylation is 3. The average molecular weight is 541 g/mol. The van der Waals surface area contributed by atoms with E-state index in [1.165, 1.54) is 27.8 Å². The van der Waals surface area contributed by atoms with Gasteiger partial charge in [0.05, 0.1) is 11.8 Å². The molecule has 0 aliphatic carbocycles. The topological polar surface area (TPSA) is 25.4 Å². The number of pyridine rings is 1. The summed E-state index contributed by atoms with van der Waals surface area (Å²) < 4.78 is 6.48. The highest BCUT2D eigenvalue weighted by Crippen LogP contribution is 2.34. The van der Waals surface area contributed by atoms with Gasteiger partial charge in [-0.2, -0.15) is 0 Å². The SMILES string of the molecule is CCc1cccc(CC)c1-c1cc(OC(C)C)c(CN(CCc2cccc(Cl)c2)Cc2ccccc2)c(C)n1. The lowest BCUT2D eigenvalue weighted by atomic mass is 9.94. The number of rotatable bonds is 12. The number of halogens is 1. The number of aromatic nitrogens is 1. The summed E-state index contributed by atoms with van der Waals surface area (Å²) in [5, 5.41) is 0.782. The van der Waals surface area contributed by atoms with E-state index in [0.717, 1.165) is 66.6 Å². The van der Waals surface area contributed by atoms with E-state index in [1.54, 1.807) is 0 Å². The molecule has 1 heterocycles. The van der Waals surface area contributed by atoms with Crippen LogP contribution in [0.5, 0.6) is 5.75 Å². The van der Waals surface area contributed by atoms with Crippen molar-refractivity contribution in [2.75, 3.05) is 6.54 Å². The summed E-state index contributed by atoms with van der Waals surface area (Å²) in [4.78, 5) is 7.69. The van der Waals surface area contributed by atoms with Crippen LogP contribution in [0.4, 0.5) is 0 Å². The van der Waals surface area contributed by atoms with Crippen molar-refractivity contribution in [3.05, 3.63) is 117 Å². The first-order valence-electron chi connectivity index (χ1n) is 14.2. The van der Waals surface area contributed by atoms with Gasteiger partial charge in [-0.3, -0.25) is 9.88 Å². The van der Waals surface area contributed by atoms with Crippen LogP contribution in [-0.4, -0.2) is 22.5 Å². The van der Waals surface area contributed by atoms with Gasteiger partial charge in [-0.1, -0.05) is 86.1 Å². The smallest absolute Gasteiger partial charge is 0.128 e. The quantitative estimate of drug-likeness (QED) is 0.179. The van der Waals surface area contributed by atoms with Crippen molar-refractivity contribution in [2.45, 2.75) is 73.1 Å². The molecule has 0 atom stereocenters. The first kappa shape index (κ1) is 28.9. The van der Waals surface area contributed by atoms with E-state index in [-0.39, 0.29) is 6.10 Å². The van der Waals surface area contributed by atoms with Gasteiger partial charge in [-0.05, 0) is 74.4 Å². The third kappa shape index (κ3) is 7.71. The van der Waals surface area contributed by atoms with E-state index in [2.05, 4.69) is 106 Å². The predicted octanol–water partition coefficient (Wildman–Crippen LogP) is 8.87. The summed E-state index contributed by atoms with van der Waals surface area (Å²) in [6.07, 6.45) is 2.93. The molecule has 0 N–H and O–H groups in total. The fraction of sp³-hybridized carbons (Fsp3) is 0.343. The van der Waals surface area contributed by atoms with Crippen molar-refractivity contribution < 1.29 is 4.74 Å². The zero-order valence-corrected chi connectivity index (χ0v) is 24.8. The Morgan fingerprint density at radius 3 is 2.13 bits per heavy atom. The number of nitrogens with zero attached hydrogens (tertiary/aromatic N) is 2. The lowest BCUT2D eigenvalue weighted by Crippen LogP contribution is -2.26. The van der Waals surface area contributed by atoms with Crippen LogP contribution in [0, 0.1) is 6.92 Å². The first-order valence-corrected chi connectivity index (χ1v) is 14.5. The van der Waals surface area contributed by atoms with E-state index >= 15 is 0 Å². The Bertz CT molecular complexity index is 1340. The van der Waals surface area contributed by atoms with Gasteiger partial charge in [-0.15, -0.1) is 0 Å². The molecule has 204 valence electrons. The molecule has 0 aliphatic rings. The number of benzene rings is 3. The molecule has 4 rings (SSSR count). The molecule has 3 nitrogen and oxygen atoms in total. The fourth-order valence-corrected chi connectivity index (χ4v) is 5.39. The van der Waals surface area contributed by atoms with Crippen LogP contribution in [0.2, 0.25) is 5.02 Å². The van der Waals surface area contributed by atoms with Crippen molar-refractivity contribution in [3.8, 4) is 17.0 Å². The van der Waals surface area contributed by atoms with E-state index in [4.69, 9.17) is 21.3 Å². The van der Waals surface area contributed by atoms with Crippen LogP contribution >= 0.6 is 11.6 Å². The molecule has 0 saturated heterocycles. The minimum Gasteiger partial charge on any atom is -0.491 e. The van der Waals surface area contributed by atoms with Gasteiger partial charge in [0.25, 0.3) is 0 Å². The van der Waals surface area contributed by atoms with Crippen LogP contribution in [0.1, 0.15) is 61.2 Å².